The van der Waals surface area contributed by atoms with Crippen LogP contribution in [0.25, 0.3) is 11.1 Å². The molecule has 0 aromatic heterocycles. The van der Waals surface area contributed by atoms with Crippen LogP contribution in [0.15, 0.2) is 66.7 Å². The van der Waals surface area contributed by atoms with Crippen molar-refractivity contribution >= 4 is 23.5 Å². The fourth-order valence-corrected chi connectivity index (χ4v) is 9.41. The van der Waals surface area contributed by atoms with Crippen molar-refractivity contribution in [3.63, 3.8) is 0 Å². The molecule has 4 fully saturated rings. The summed E-state index contributed by atoms with van der Waals surface area (Å²) in [6.45, 7) is 8.25. The predicted molar refractivity (Wildman–Crippen MR) is 214 cm³/mol. The molecule has 7 rings (SSSR count). The minimum absolute atomic E-state index is 0.0124. The maximum absolute atomic E-state index is 14.3. The molecule has 4 N–H and O–H groups in total. The van der Waals surface area contributed by atoms with Gasteiger partial charge in [0.15, 0.2) is 0 Å². The Hall–Kier alpha value is -4.49. The molecule has 4 aliphatic rings. The van der Waals surface area contributed by atoms with Crippen LogP contribution in [-0.2, 0) is 32.1 Å². The summed E-state index contributed by atoms with van der Waals surface area (Å²) in [6.07, 6.45) is 0.639. The van der Waals surface area contributed by atoms with Crippen LogP contribution >= 0.6 is 0 Å². The second-order valence-electron chi connectivity index (χ2n) is 16.6. The van der Waals surface area contributed by atoms with Crippen molar-refractivity contribution in [2.24, 2.45) is 29.1 Å². The molecule has 1 aliphatic heterocycles. The van der Waals surface area contributed by atoms with E-state index in [2.05, 4.69) is 31.4 Å². The maximum atomic E-state index is 14.3. The van der Waals surface area contributed by atoms with Crippen molar-refractivity contribution in [2.75, 3.05) is 39.8 Å². The first kappa shape index (κ1) is 41.2. The molecule has 0 spiro atoms. The molecule has 12 nitrogen and oxygen atoms in total. The zero-order valence-corrected chi connectivity index (χ0v) is 33.8. The molecule has 1 unspecified atom stereocenters. The first-order valence-corrected chi connectivity index (χ1v) is 19.6. The largest absolute Gasteiger partial charge is 0.496 e. The van der Waals surface area contributed by atoms with Gasteiger partial charge < -0.3 is 35.2 Å². The number of anilines is 1. The van der Waals surface area contributed by atoms with Crippen LogP contribution in [-0.4, -0.2) is 98.3 Å². The van der Waals surface area contributed by atoms with E-state index in [0.29, 0.717) is 45.8 Å². The molecule has 56 heavy (non-hydrogen) atoms. The van der Waals surface area contributed by atoms with Gasteiger partial charge in [0, 0.05) is 54.9 Å². The second-order valence-corrected chi connectivity index (χ2v) is 16.6. The SMILES string of the molecule is COC(=O)C(Cc1ccccc1)NC(=O)c1cc(-c2cccc(CN3O[C@@H](CO)[C@@H]([C@H](C)O)[C@H]3C(=O)N[C@H]3C[C@H]4C[C@@H]([C@@H]3C)C4(C)C)c2OC)cc(N(C)C)c1. The number of hydrogen-bond donors (Lipinski definition) is 4. The highest BCUT2D eigenvalue weighted by atomic mass is 16.7. The molecule has 3 saturated carbocycles. The number of amides is 2. The maximum Gasteiger partial charge on any atom is 0.328 e. The lowest BCUT2D eigenvalue weighted by Crippen LogP contribution is -2.62. The van der Waals surface area contributed by atoms with Crippen LogP contribution in [0.5, 0.6) is 5.75 Å². The minimum atomic E-state index is -0.929. The number of hydroxylamine groups is 2. The Kier molecular flexibility index (Phi) is 12.4. The fraction of sp³-hybridized carbons (Fsp3) is 0.523. The number of rotatable bonds is 14. The average molecular weight is 771 g/mol. The van der Waals surface area contributed by atoms with Crippen LogP contribution in [0, 0.1) is 29.1 Å². The molecule has 0 radical (unpaired) electrons. The molecule has 3 aromatic rings. The van der Waals surface area contributed by atoms with Crippen LogP contribution < -0.4 is 20.3 Å². The normalized spacial score (nSPS) is 26.4. The highest BCUT2D eigenvalue weighted by molar-refractivity contribution is 5.99. The minimum Gasteiger partial charge on any atom is -0.496 e. The van der Waals surface area contributed by atoms with E-state index in [4.69, 9.17) is 14.3 Å². The molecular weight excluding hydrogens is 713 g/mol. The molecule has 9 atom stereocenters. The summed E-state index contributed by atoms with van der Waals surface area (Å²) in [5, 5.41) is 29.1. The quantitative estimate of drug-likeness (QED) is 0.172. The Morgan fingerprint density at radius 1 is 1.04 bits per heavy atom. The lowest BCUT2D eigenvalue weighted by molar-refractivity contribution is -0.183. The number of methoxy groups -OCH3 is 2. The number of hydrogen-bond acceptors (Lipinski definition) is 10. The number of esters is 1. The summed E-state index contributed by atoms with van der Waals surface area (Å²) in [7, 11) is 6.63. The Labute approximate surface area is 330 Å². The molecule has 3 aliphatic carbocycles. The second kappa shape index (κ2) is 16.9. The van der Waals surface area contributed by atoms with Gasteiger partial charge in [-0.3, -0.25) is 14.4 Å². The van der Waals surface area contributed by atoms with E-state index in [9.17, 15) is 24.6 Å². The van der Waals surface area contributed by atoms with Gasteiger partial charge in [-0.1, -0.05) is 69.3 Å². The number of ether oxygens (including phenoxy) is 2. The molecule has 1 saturated heterocycles. The summed E-state index contributed by atoms with van der Waals surface area (Å²) in [4.78, 5) is 49.1. The molecule has 2 amide bonds. The zero-order chi connectivity index (χ0) is 40.5. The first-order chi connectivity index (χ1) is 26.7. The standard InChI is InChI=1S/C44H58N4O8/c1-25-34-21-31(44(34,3)4)22-35(25)45-42(52)39-38(26(2)50)37(24-49)56-48(39)23-28-15-12-16-33(40(28)54-7)29-18-30(20-32(19-29)47(5)6)41(51)46-36(43(53)55-8)17-27-13-10-9-11-14-27/h9-16,18-20,25-26,31,34-39,49-50H,17,21-24H2,1-8H3,(H,45,52)(H,46,51)/t25-,26-,31+,34-,35-,36?,37-,38+,39-/m0/s1. The van der Waals surface area contributed by atoms with E-state index in [1.54, 1.807) is 31.2 Å². The average Bonchev–Trinajstić information content (AvgIpc) is 3.56. The Morgan fingerprint density at radius 3 is 2.38 bits per heavy atom. The van der Waals surface area contributed by atoms with Gasteiger partial charge in [0.25, 0.3) is 5.91 Å². The fourth-order valence-electron chi connectivity index (χ4n) is 9.41. The van der Waals surface area contributed by atoms with Gasteiger partial charge in [-0.25, -0.2) is 4.79 Å². The third-order valence-electron chi connectivity index (χ3n) is 12.8. The van der Waals surface area contributed by atoms with Gasteiger partial charge in [0.2, 0.25) is 5.91 Å². The summed E-state index contributed by atoms with van der Waals surface area (Å²) in [5.74, 6) is 0.0139. The highest BCUT2D eigenvalue weighted by Crippen LogP contribution is 2.61. The number of carbonyl (C=O) groups is 3. The van der Waals surface area contributed by atoms with E-state index in [1.165, 1.54) is 13.5 Å². The van der Waals surface area contributed by atoms with Crippen molar-refractivity contribution in [1.82, 2.24) is 15.7 Å². The van der Waals surface area contributed by atoms with Crippen LogP contribution in [0.1, 0.15) is 62.0 Å². The van der Waals surface area contributed by atoms with Crippen LogP contribution in [0.3, 0.4) is 0 Å². The van der Waals surface area contributed by atoms with Crippen molar-refractivity contribution in [1.29, 1.82) is 0 Å². The molecule has 1 heterocycles. The van der Waals surface area contributed by atoms with Crippen molar-refractivity contribution in [3.8, 4) is 16.9 Å². The Bertz CT molecular complexity index is 1880. The van der Waals surface area contributed by atoms with Gasteiger partial charge in [0.1, 0.15) is 23.9 Å². The van der Waals surface area contributed by atoms with E-state index < -0.39 is 42.1 Å². The Morgan fingerprint density at radius 2 is 1.77 bits per heavy atom. The number of aliphatic hydroxyl groups is 2. The van der Waals surface area contributed by atoms with E-state index in [0.717, 1.165) is 17.7 Å². The molecule has 3 aromatic carbocycles. The monoisotopic (exact) mass is 770 g/mol. The lowest BCUT2D eigenvalue weighted by Gasteiger charge is -2.62. The molecular formula is C44H58N4O8. The third kappa shape index (κ3) is 8.16. The van der Waals surface area contributed by atoms with Gasteiger partial charge in [-0.15, -0.1) is 0 Å². The smallest absolute Gasteiger partial charge is 0.328 e. The summed E-state index contributed by atoms with van der Waals surface area (Å²) in [6, 6.07) is 18.8. The van der Waals surface area contributed by atoms with Crippen LogP contribution in [0.2, 0.25) is 0 Å². The van der Waals surface area contributed by atoms with Crippen molar-refractivity contribution in [2.45, 2.75) is 83.8 Å². The Balaban J connectivity index is 1.29. The number of fused-ring (bicyclic) bond motifs is 2. The first-order valence-electron chi connectivity index (χ1n) is 19.6. The predicted octanol–water partition coefficient (Wildman–Crippen LogP) is 4.60. The van der Waals surface area contributed by atoms with E-state index >= 15 is 0 Å². The molecule has 302 valence electrons. The van der Waals surface area contributed by atoms with Gasteiger partial charge in [-0.2, -0.15) is 5.06 Å². The lowest BCUT2D eigenvalue weighted by atomic mass is 9.45. The number of nitrogens with one attached hydrogen (secondary N) is 2. The topological polar surface area (TPSA) is 150 Å². The molecule has 2 bridgehead atoms. The number of aliphatic hydroxyl groups excluding tert-OH is 2. The summed E-state index contributed by atoms with van der Waals surface area (Å²) < 4.78 is 11.1. The number of para-hydroxylation sites is 1. The van der Waals surface area contributed by atoms with Gasteiger partial charge >= 0.3 is 5.97 Å². The molecule has 12 heteroatoms. The number of carbonyl (C=O) groups excluding carboxylic acids is 3. The van der Waals surface area contributed by atoms with Crippen molar-refractivity contribution < 1.29 is 38.9 Å². The van der Waals surface area contributed by atoms with Gasteiger partial charge in [-0.05, 0) is 72.3 Å². The summed E-state index contributed by atoms with van der Waals surface area (Å²) >= 11 is 0. The number of benzene rings is 3. The van der Waals surface area contributed by atoms with Crippen molar-refractivity contribution in [3.05, 3.63) is 83.4 Å². The highest BCUT2D eigenvalue weighted by Gasteiger charge is 2.57. The van der Waals surface area contributed by atoms with Gasteiger partial charge in [0.05, 0.1) is 33.5 Å². The summed E-state index contributed by atoms with van der Waals surface area (Å²) in [5.41, 5.74) is 4.32. The third-order valence-corrected chi connectivity index (χ3v) is 12.8. The van der Waals surface area contributed by atoms with E-state index in [1.807, 2.05) is 73.6 Å². The van der Waals surface area contributed by atoms with Crippen LogP contribution in [0.4, 0.5) is 5.69 Å². The van der Waals surface area contributed by atoms with E-state index in [-0.39, 0.29) is 36.9 Å². The number of nitrogens with zero attached hydrogens (tertiary/aromatic N) is 2. The zero-order valence-electron chi connectivity index (χ0n) is 33.8.